The standard InChI is InChI=1S/C22H26N2O2/c1-25-20-7-3-2-5-16(20)9-11-23-12-10-19-18(15-23)17-6-4-8-21-22(17)24(19)13-14-26-21/h2-8,18-19H,9-15H2,1H3. The first-order chi connectivity index (χ1) is 12.8. The number of hydrogen-bond donors (Lipinski definition) is 0. The number of ether oxygens (including phenoxy) is 2. The lowest BCUT2D eigenvalue weighted by molar-refractivity contribution is 0.191. The molecule has 0 aliphatic carbocycles. The molecule has 136 valence electrons. The fourth-order valence-corrected chi connectivity index (χ4v) is 5.04. The molecule has 3 aliphatic heterocycles. The van der Waals surface area contributed by atoms with Crippen molar-refractivity contribution >= 4 is 5.69 Å². The van der Waals surface area contributed by atoms with Gasteiger partial charge in [0.1, 0.15) is 18.1 Å². The predicted molar refractivity (Wildman–Crippen MR) is 104 cm³/mol. The van der Waals surface area contributed by atoms with Gasteiger partial charge in [0.25, 0.3) is 0 Å². The number of fused-ring (bicyclic) bond motifs is 3. The second-order valence-electron chi connectivity index (χ2n) is 7.56. The van der Waals surface area contributed by atoms with E-state index in [1.165, 1.54) is 29.8 Å². The van der Waals surface area contributed by atoms with Gasteiger partial charge in [-0.2, -0.15) is 0 Å². The van der Waals surface area contributed by atoms with E-state index in [1.807, 2.05) is 6.07 Å². The third-order valence-electron chi connectivity index (χ3n) is 6.26. The minimum atomic E-state index is 0.609. The molecule has 1 saturated heterocycles. The van der Waals surface area contributed by atoms with Gasteiger partial charge in [-0.15, -0.1) is 0 Å². The van der Waals surface area contributed by atoms with Crippen molar-refractivity contribution in [3.8, 4) is 11.5 Å². The van der Waals surface area contributed by atoms with E-state index < -0.39 is 0 Å². The van der Waals surface area contributed by atoms with Crippen molar-refractivity contribution in [1.29, 1.82) is 0 Å². The number of benzene rings is 2. The van der Waals surface area contributed by atoms with E-state index in [1.54, 1.807) is 7.11 Å². The number of anilines is 1. The molecule has 0 saturated carbocycles. The highest BCUT2D eigenvalue weighted by molar-refractivity contribution is 5.71. The van der Waals surface area contributed by atoms with E-state index in [4.69, 9.17) is 9.47 Å². The monoisotopic (exact) mass is 350 g/mol. The lowest BCUT2D eigenvalue weighted by Gasteiger charge is -2.40. The summed E-state index contributed by atoms with van der Waals surface area (Å²) in [6, 6.07) is 15.6. The van der Waals surface area contributed by atoms with Gasteiger partial charge in [-0.25, -0.2) is 0 Å². The molecule has 0 amide bonds. The second-order valence-corrected chi connectivity index (χ2v) is 7.56. The molecule has 5 rings (SSSR count). The van der Waals surface area contributed by atoms with Crippen molar-refractivity contribution in [2.45, 2.75) is 24.8 Å². The van der Waals surface area contributed by atoms with Crippen molar-refractivity contribution < 1.29 is 9.47 Å². The first-order valence-corrected chi connectivity index (χ1v) is 9.72. The van der Waals surface area contributed by atoms with Crippen LogP contribution in [-0.2, 0) is 6.42 Å². The van der Waals surface area contributed by atoms with E-state index in [-0.39, 0.29) is 0 Å². The number of rotatable bonds is 4. The highest BCUT2D eigenvalue weighted by atomic mass is 16.5. The SMILES string of the molecule is COc1ccccc1CCN1CCC2C(C1)c1cccc3c1N2CCO3. The fourth-order valence-electron chi connectivity index (χ4n) is 5.04. The summed E-state index contributed by atoms with van der Waals surface area (Å²) in [6.45, 7) is 5.27. The summed E-state index contributed by atoms with van der Waals surface area (Å²) in [5.41, 5.74) is 4.17. The third kappa shape index (κ3) is 2.55. The minimum Gasteiger partial charge on any atom is -0.496 e. The molecule has 4 nitrogen and oxygen atoms in total. The summed E-state index contributed by atoms with van der Waals surface area (Å²) >= 11 is 0. The number of nitrogens with zero attached hydrogens (tertiary/aromatic N) is 2. The molecule has 2 atom stereocenters. The zero-order valence-electron chi connectivity index (χ0n) is 15.4. The van der Waals surface area contributed by atoms with E-state index in [0.29, 0.717) is 12.0 Å². The highest BCUT2D eigenvalue weighted by Crippen LogP contribution is 2.50. The largest absolute Gasteiger partial charge is 0.496 e. The Hall–Kier alpha value is -2.20. The van der Waals surface area contributed by atoms with Gasteiger partial charge in [-0.05, 0) is 36.1 Å². The summed E-state index contributed by atoms with van der Waals surface area (Å²) in [7, 11) is 1.76. The van der Waals surface area contributed by atoms with Crippen LogP contribution in [0.4, 0.5) is 5.69 Å². The lowest BCUT2D eigenvalue weighted by atomic mass is 9.89. The quantitative estimate of drug-likeness (QED) is 0.845. The van der Waals surface area contributed by atoms with Gasteiger partial charge in [-0.1, -0.05) is 30.3 Å². The van der Waals surface area contributed by atoms with Crippen molar-refractivity contribution in [3.63, 3.8) is 0 Å². The molecule has 2 aromatic carbocycles. The smallest absolute Gasteiger partial charge is 0.142 e. The third-order valence-corrected chi connectivity index (χ3v) is 6.26. The molecular weight excluding hydrogens is 324 g/mol. The Morgan fingerprint density at radius 3 is 2.96 bits per heavy atom. The average Bonchev–Trinajstić information content (AvgIpc) is 3.02. The van der Waals surface area contributed by atoms with Gasteiger partial charge in [0, 0.05) is 31.6 Å². The van der Waals surface area contributed by atoms with Crippen LogP contribution in [0.1, 0.15) is 23.5 Å². The van der Waals surface area contributed by atoms with Crippen LogP contribution in [0.5, 0.6) is 11.5 Å². The summed E-state index contributed by atoms with van der Waals surface area (Å²) in [4.78, 5) is 5.25. The van der Waals surface area contributed by atoms with Crippen LogP contribution in [0.3, 0.4) is 0 Å². The van der Waals surface area contributed by atoms with Gasteiger partial charge in [0.15, 0.2) is 0 Å². The van der Waals surface area contributed by atoms with Gasteiger partial charge < -0.3 is 19.3 Å². The Labute approximate surface area is 155 Å². The molecule has 3 aliphatic rings. The van der Waals surface area contributed by atoms with Gasteiger partial charge >= 0.3 is 0 Å². The van der Waals surface area contributed by atoms with E-state index >= 15 is 0 Å². The number of likely N-dealkylation sites (tertiary alicyclic amines) is 1. The van der Waals surface area contributed by atoms with E-state index in [9.17, 15) is 0 Å². The Morgan fingerprint density at radius 2 is 2.04 bits per heavy atom. The van der Waals surface area contributed by atoms with Crippen molar-refractivity contribution in [3.05, 3.63) is 53.6 Å². The Bertz CT molecular complexity index is 806. The second kappa shape index (κ2) is 6.51. The normalized spacial score (nSPS) is 24.0. The van der Waals surface area contributed by atoms with Gasteiger partial charge in [-0.3, -0.25) is 0 Å². The maximum Gasteiger partial charge on any atom is 0.142 e. The molecule has 0 radical (unpaired) electrons. The van der Waals surface area contributed by atoms with E-state index in [2.05, 4.69) is 46.2 Å². The maximum atomic E-state index is 5.91. The van der Waals surface area contributed by atoms with Gasteiger partial charge in [0.05, 0.1) is 19.3 Å². The molecule has 1 fully saturated rings. The number of para-hydroxylation sites is 2. The minimum absolute atomic E-state index is 0.609. The zero-order chi connectivity index (χ0) is 17.5. The molecule has 0 spiro atoms. The maximum absolute atomic E-state index is 5.91. The summed E-state index contributed by atoms with van der Waals surface area (Å²) in [6.07, 6.45) is 2.28. The molecular formula is C22H26N2O2. The van der Waals surface area contributed by atoms with Crippen LogP contribution in [0.25, 0.3) is 0 Å². The Balaban J connectivity index is 1.32. The summed E-state index contributed by atoms with van der Waals surface area (Å²) in [5.74, 6) is 2.70. The number of piperidine rings is 1. The molecule has 0 bridgehead atoms. The van der Waals surface area contributed by atoms with Crippen LogP contribution in [0, 0.1) is 0 Å². The first-order valence-electron chi connectivity index (χ1n) is 9.72. The number of hydrogen-bond acceptors (Lipinski definition) is 4. The van der Waals surface area contributed by atoms with Crippen molar-refractivity contribution in [2.75, 3.05) is 44.8 Å². The molecule has 26 heavy (non-hydrogen) atoms. The fraction of sp³-hybridized carbons (Fsp3) is 0.455. The molecule has 3 heterocycles. The van der Waals surface area contributed by atoms with Crippen LogP contribution in [-0.4, -0.2) is 50.8 Å². The highest BCUT2D eigenvalue weighted by Gasteiger charge is 2.44. The average molecular weight is 350 g/mol. The number of methoxy groups -OCH3 is 1. The van der Waals surface area contributed by atoms with Crippen LogP contribution >= 0.6 is 0 Å². The Morgan fingerprint density at radius 1 is 1.12 bits per heavy atom. The van der Waals surface area contributed by atoms with E-state index in [0.717, 1.165) is 44.2 Å². The first kappa shape index (κ1) is 16.0. The van der Waals surface area contributed by atoms with Crippen molar-refractivity contribution in [2.24, 2.45) is 0 Å². The molecule has 4 heteroatoms. The predicted octanol–water partition coefficient (Wildman–Crippen LogP) is 3.31. The summed E-state index contributed by atoms with van der Waals surface area (Å²) in [5, 5.41) is 0. The lowest BCUT2D eigenvalue weighted by Crippen LogP contribution is -2.48. The molecule has 0 aromatic heterocycles. The van der Waals surface area contributed by atoms with Crippen LogP contribution in [0.15, 0.2) is 42.5 Å². The molecule has 0 N–H and O–H groups in total. The van der Waals surface area contributed by atoms with Crippen LogP contribution in [0.2, 0.25) is 0 Å². The topological polar surface area (TPSA) is 24.9 Å². The zero-order valence-corrected chi connectivity index (χ0v) is 15.4. The molecule has 2 aromatic rings. The van der Waals surface area contributed by atoms with Gasteiger partial charge in [0.2, 0.25) is 0 Å². The Kier molecular flexibility index (Phi) is 4.01. The molecule has 2 unspecified atom stereocenters. The van der Waals surface area contributed by atoms with Crippen LogP contribution < -0.4 is 14.4 Å². The summed E-state index contributed by atoms with van der Waals surface area (Å²) < 4.78 is 11.4. The van der Waals surface area contributed by atoms with Crippen molar-refractivity contribution in [1.82, 2.24) is 4.90 Å².